The summed E-state index contributed by atoms with van der Waals surface area (Å²) in [4.78, 5) is 38.5. The van der Waals surface area contributed by atoms with Crippen molar-refractivity contribution >= 4 is 17.9 Å². The highest BCUT2D eigenvalue weighted by atomic mass is 16.6. The number of esters is 3. The molecule has 0 N–H and O–H groups in total. The smallest absolute Gasteiger partial charge is 0.306 e. The molecule has 0 saturated carbocycles. The predicted octanol–water partition coefficient (Wildman–Crippen LogP) is 24.7. The molecular weight excluding hydrogens is 985 g/mol. The lowest BCUT2D eigenvalue weighted by molar-refractivity contribution is -0.167. The lowest BCUT2D eigenvalue weighted by Gasteiger charge is -2.18. The van der Waals surface area contributed by atoms with Crippen molar-refractivity contribution in [2.75, 3.05) is 13.2 Å². The van der Waals surface area contributed by atoms with Gasteiger partial charge in [0.15, 0.2) is 6.10 Å². The first-order valence-corrected chi connectivity index (χ1v) is 36.0. The minimum atomic E-state index is -0.772. The Kier molecular flexibility index (Phi) is 67.1. The van der Waals surface area contributed by atoms with E-state index in [1.54, 1.807) is 0 Å². The fourth-order valence-corrected chi connectivity index (χ4v) is 10.9. The van der Waals surface area contributed by atoms with E-state index in [-0.39, 0.29) is 31.1 Å². The van der Waals surface area contributed by atoms with Crippen LogP contribution in [-0.2, 0) is 28.6 Å². The van der Waals surface area contributed by atoms with Crippen molar-refractivity contribution in [3.63, 3.8) is 0 Å². The molecule has 0 aliphatic carbocycles. The molecule has 0 fully saturated rings. The summed E-state index contributed by atoms with van der Waals surface area (Å²) in [6.07, 6.45) is 86.0. The third-order valence-electron chi connectivity index (χ3n) is 16.4. The zero-order chi connectivity index (χ0) is 57.8. The first kappa shape index (κ1) is 77.6. The highest BCUT2D eigenvalue weighted by Crippen LogP contribution is 2.18. The summed E-state index contributed by atoms with van der Waals surface area (Å²) in [6, 6.07) is 0. The van der Waals surface area contributed by atoms with Crippen LogP contribution in [0.25, 0.3) is 0 Å². The fourth-order valence-electron chi connectivity index (χ4n) is 10.9. The van der Waals surface area contributed by atoms with Crippen LogP contribution in [0, 0.1) is 0 Å². The number of unbranched alkanes of at least 4 members (excludes halogenated alkanes) is 50. The summed E-state index contributed by atoms with van der Waals surface area (Å²) in [5.74, 6) is -0.839. The van der Waals surface area contributed by atoms with Gasteiger partial charge in [-0.05, 0) is 77.0 Å². The molecule has 0 aromatic carbocycles. The molecule has 0 saturated heterocycles. The summed E-state index contributed by atoms with van der Waals surface area (Å²) in [6.45, 7) is 6.71. The number of hydrogen-bond donors (Lipinski definition) is 0. The molecule has 0 rings (SSSR count). The van der Waals surface area contributed by atoms with Crippen LogP contribution in [0.5, 0.6) is 0 Å². The third-order valence-corrected chi connectivity index (χ3v) is 16.4. The van der Waals surface area contributed by atoms with E-state index in [4.69, 9.17) is 14.2 Å². The van der Waals surface area contributed by atoms with Crippen LogP contribution in [0.15, 0.2) is 36.5 Å². The standard InChI is InChI=1S/C74H138O6/c1-4-7-10-13-16-19-22-25-28-31-33-35-36-37-38-40-41-43-46-49-52-55-58-61-64-67-73(76)79-70-71(69-78-72(75)66-63-60-57-54-51-48-45-30-27-24-21-18-15-12-9-6-3)80-74(77)68-65-62-59-56-53-50-47-44-42-39-34-32-29-26-23-20-17-14-11-8-5-2/h22,25,31-34,71H,4-21,23-24,26-30,35-70H2,1-3H3/b25-22-,33-31-,34-32-. The van der Waals surface area contributed by atoms with Gasteiger partial charge in [0.05, 0.1) is 0 Å². The van der Waals surface area contributed by atoms with Crippen LogP contribution >= 0.6 is 0 Å². The van der Waals surface area contributed by atoms with Gasteiger partial charge in [0.1, 0.15) is 13.2 Å². The Labute approximate surface area is 499 Å². The number of rotatable bonds is 67. The zero-order valence-corrected chi connectivity index (χ0v) is 54.1. The van der Waals surface area contributed by atoms with Gasteiger partial charge < -0.3 is 14.2 Å². The Hall–Kier alpha value is -2.37. The molecule has 0 aromatic rings. The zero-order valence-electron chi connectivity index (χ0n) is 54.1. The van der Waals surface area contributed by atoms with Crippen molar-refractivity contribution in [2.24, 2.45) is 0 Å². The topological polar surface area (TPSA) is 78.9 Å². The molecule has 0 aliphatic rings. The SMILES string of the molecule is CCCCCCC/C=C\C/C=C\CCCCCCCCCCCCCCCC(=O)OCC(COC(=O)CCCCCCCCCCCCCCCCCC)OC(=O)CCCCCCCCCCC/C=C\CCCCCCCCCC. The molecule has 0 aliphatic heterocycles. The predicted molar refractivity (Wildman–Crippen MR) is 349 cm³/mol. The Bertz CT molecular complexity index is 1340. The normalized spacial score (nSPS) is 12.2. The molecular formula is C74H138O6. The van der Waals surface area contributed by atoms with Crippen LogP contribution in [0.4, 0.5) is 0 Å². The van der Waals surface area contributed by atoms with Gasteiger partial charge in [-0.3, -0.25) is 14.4 Å². The lowest BCUT2D eigenvalue weighted by atomic mass is 10.0. The van der Waals surface area contributed by atoms with Crippen molar-refractivity contribution in [2.45, 2.75) is 406 Å². The first-order valence-electron chi connectivity index (χ1n) is 36.0. The van der Waals surface area contributed by atoms with Crippen LogP contribution in [0.2, 0.25) is 0 Å². The Morgan fingerprint density at radius 1 is 0.250 bits per heavy atom. The molecule has 80 heavy (non-hydrogen) atoms. The van der Waals surface area contributed by atoms with E-state index >= 15 is 0 Å². The second-order valence-corrected chi connectivity index (χ2v) is 24.5. The van der Waals surface area contributed by atoms with Crippen molar-refractivity contribution < 1.29 is 28.6 Å². The minimum absolute atomic E-state index is 0.0675. The largest absolute Gasteiger partial charge is 0.462 e. The number of carbonyl (C=O) groups excluding carboxylic acids is 3. The van der Waals surface area contributed by atoms with Gasteiger partial charge in [-0.25, -0.2) is 0 Å². The summed E-state index contributed by atoms with van der Waals surface area (Å²) in [5, 5.41) is 0. The van der Waals surface area contributed by atoms with Crippen LogP contribution in [0.1, 0.15) is 400 Å². The lowest BCUT2D eigenvalue weighted by Crippen LogP contribution is -2.30. The second kappa shape index (κ2) is 69.1. The van der Waals surface area contributed by atoms with Crippen molar-refractivity contribution in [3.8, 4) is 0 Å². The molecule has 0 heterocycles. The molecule has 1 unspecified atom stereocenters. The Balaban J connectivity index is 4.28. The average molecular weight is 1120 g/mol. The second-order valence-electron chi connectivity index (χ2n) is 24.5. The fraction of sp³-hybridized carbons (Fsp3) is 0.878. The van der Waals surface area contributed by atoms with Crippen LogP contribution in [-0.4, -0.2) is 37.2 Å². The Morgan fingerprint density at radius 2 is 0.450 bits per heavy atom. The maximum absolute atomic E-state index is 13.0. The summed E-state index contributed by atoms with van der Waals surface area (Å²) in [7, 11) is 0. The van der Waals surface area contributed by atoms with Crippen molar-refractivity contribution in [1.29, 1.82) is 0 Å². The number of allylic oxidation sites excluding steroid dienone is 6. The molecule has 6 heteroatoms. The first-order chi connectivity index (χ1) is 39.5. The van der Waals surface area contributed by atoms with E-state index in [0.717, 1.165) is 64.2 Å². The van der Waals surface area contributed by atoms with E-state index in [9.17, 15) is 14.4 Å². The van der Waals surface area contributed by atoms with E-state index in [1.165, 1.54) is 295 Å². The van der Waals surface area contributed by atoms with Gasteiger partial charge in [-0.1, -0.05) is 340 Å². The quantitative estimate of drug-likeness (QED) is 0.0261. The molecule has 0 bridgehead atoms. The summed E-state index contributed by atoms with van der Waals surface area (Å²) >= 11 is 0. The number of hydrogen-bond acceptors (Lipinski definition) is 6. The maximum atomic E-state index is 13.0. The molecule has 470 valence electrons. The van der Waals surface area contributed by atoms with Crippen molar-refractivity contribution in [1.82, 2.24) is 0 Å². The van der Waals surface area contributed by atoms with Gasteiger partial charge in [-0.2, -0.15) is 0 Å². The van der Waals surface area contributed by atoms with Crippen molar-refractivity contribution in [3.05, 3.63) is 36.5 Å². The summed E-state index contributed by atoms with van der Waals surface area (Å²) in [5.41, 5.74) is 0. The Morgan fingerprint density at radius 3 is 0.700 bits per heavy atom. The minimum Gasteiger partial charge on any atom is -0.462 e. The third kappa shape index (κ3) is 66.4. The highest BCUT2D eigenvalue weighted by molar-refractivity contribution is 5.71. The molecule has 0 aromatic heterocycles. The van der Waals surface area contributed by atoms with Crippen LogP contribution in [0.3, 0.4) is 0 Å². The monoisotopic (exact) mass is 1120 g/mol. The number of carbonyl (C=O) groups is 3. The van der Waals surface area contributed by atoms with Gasteiger partial charge >= 0.3 is 17.9 Å². The number of ether oxygens (including phenoxy) is 3. The van der Waals surface area contributed by atoms with E-state index in [1.807, 2.05) is 0 Å². The molecule has 0 radical (unpaired) electrons. The van der Waals surface area contributed by atoms with Gasteiger partial charge in [0.2, 0.25) is 0 Å². The molecule has 6 nitrogen and oxygen atoms in total. The molecule has 0 spiro atoms. The highest BCUT2D eigenvalue weighted by Gasteiger charge is 2.19. The van der Waals surface area contributed by atoms with E-state index < -0.39 is 6.10 Å². The van der Waals surface area contributed by atoms with Gasteiger partial charge in [0, 0.05) is 19.3 Å². The van der Waals surface area contributed by atoms with Gasteiger partial charge in [-0.15, -0.1) is 0 Å². The van der Waals surface area contributed by atoms with Gasteiger partial charge in [0.25, 0.3) is 0 Å². The molecule has 1 atom stereocenters. The molecule has 0 amide bonds. The average Bonchev–Trinajstić information content (AvgIpc) is 3.46. The van der Waals surface area contributed by atoms with Crippen LogP contribution < -0.4 is 0 Å². The van der Waals surface area contributed by atoms with E-state index in [2.05, 4.69) is 57.2 Å². The maximum Gasteiger partial charge on any atom is 0.306 e. The van der Waals surface area contributed by atoms with E-state index in [0.29, 0.717) is 19.3 Å². The summed E-state index contributed by atoms with van der Waals surface area (Å²) < 4.78 is 17.0.